The van der Waals surface area contributed by atoms with Crippen LogP contribution >= 0.6 is 0 Å². The molecule has 0 aromatic rings. The van der Waals surface area contributed by atoms with Gasteiger partial charge in [-0.3, -0.25) is 0 Å². The number of urea groups is 1. The van der Waals surface area contributed by atoms with Crippen molar-refractivity contribution in [2.45, 2.75) is 70.1 Å². The van der Waals surface area contributed by atoms with Gasteiger partial charge in [-0.25, -0.2) is 4.79 Å². The highest BCUT2D eigenvalue weighted by Crippen LogP contribution is 2.54. The van der Waals surface area contributed by atoms with Gasteiger partial charge >= 0.3 is 6.03 Å². The molecular weight excluding hydrogens is 268 g/mol. The van der Waals surface area contributed by atoms with E-state index in [2.05, 4.69) is 5.32 Å². The number of aliphatic hydroxyl groups is 1. The average Bonchev–Trinajstić information content (AvgIpc) is 3.17. The molecule has 0 heterocycles. The number of nitrogens with zero attached hydrogens (tertiary/aromatic N) is 1. The van der Waals surface area contributed by atoms with Crippen molar-refractivity contribution in [2.24, 2.45) is 5.41 Å². The summed E-state index contributed by atoms with van der Waals surface area (Å²) in [4.78, 5) is 14.3. The van der Waals surface area contributed by atoms with Crippen LogP contribution in [-0.2, 0) is 4.74 Å². The number of amides is 2. The third kappa shape index (κ3) is 2.78. The topological polar surface area (TPSA) is 61.8 Å². The van der Waals surface area contributed by atoms with Crippen molar-refractivity contribution in [1.82, 2.24) is 10.2 Å². The van der Waals surface area contributed by atoms with E-state index in [9.17, 15) is 4.79 Å². The van der Waals surface area contributed by atoms with Crippen molar-refractivity contribution in [2.75, 3.05) is 19.8 Å². The van der Waals surface area contributed by atoms with Gasteiger partial charge in [0, 0.05) is 30.7 Å². The molecular formula is C16H28N2O3. The Kier molecular flexibility index (Phi) is 4.41. The smallest absolute Gasteiger partial charge is 0.317 e. The van der Waals surface area contributed by atoms with Gasteiger partial charge in [-0.2, -0.15) is 0 Å². The lowest BCUT2D eigenvalue weighted by Crippen LogP contribution is -2.65. The summed E-state index contributed by atoms with van der Waals surface area (Å²) in [6.45, 7) is 3.29. The normalized spacial score (nSPS) is 30.2. The predicted molar refractivity (Wildman–Crippen MR) is 80.1 cm³/mol. The summed E-state index contributed by atoms with van der Waals surface area (Å²) in [5.74, 6) is 0. The van der Waals surface area contributed by atoms with Gasteiger partial charge in [0.2, 0.25) is 0 Å². The maximum absolute atomic E-state index is 12.5. The van der Waals surface area contributed by atoms with Gasteiger partial charge in [-0.1, -0.05) is 12.8 Å². The molecule has 1 spiro atoms. The first-order valence-electron chi connectivity index (χ1n) is 8.51. The second-order valence-corrected chi connectivity index (χ2v) is 6.77. The van der Waals surface area contributed by atoms with E-state index in [0.717, 1.165) is 25.9 Å². The van der Waals surface area contributed by atoms with E-state index in [1.165, 1.54) is 25.7 Å². The highest BCUT2D eigenvalue weighted by molar-refractivity contribution is 5.75. The molecule has 3 aliphatic carbocycles. The Bertz CT molecular complexity index is 378. The molecule has 3 rings (SSSR count). The van der Waals surface area contributed by atoms with Crippen LogP contribution in [0, 0.1) is 5.41 Å². The molecule has 0 radical (unpaired) electrons. The Balaban J connectivity index is 1.60. The molecule has 0 bridgehead atoms. The molecule has 3 saturated carbocycles. The minimum absolute atomic E-state index is 0.0118. The SMILES string of the molecule is CCO[C@H]1C[C@H](NC(=O)N(CCO)C2CC2)C12CCCC2. The molecule has 2 atom stereocenters. The largest absolute Gasteiger partial charge is 0.395 e. The van der Waals surface area contributed by atoms with Gasteiger partial charge in [0.1, 0.15) is 0 Å². The quantitative estimate of drug-likeness (QED) is 0.787. The van der Waals surface area contributed by atoms with Crippen LogP contribution in [0.25, 0.3) is 0 Å². The van der Waals surface area contributed by atoms with Crippen molar-refractivity contribution in [3.8, 4) is 0 Å². The van der Waals surface area contributed by atoms with E-state index in [4.69, 9.17) is 9.84 Å². The first kappa shape index (κ1) is 15.1. The average molecular weight is 296 g/mol. The summed E-state index contributed by atoms with van der Waals surface area (Å²) in [6.07, 6.45) is 8.26. The summed E-state index contributed by atoms with van der Waals surface area (Å²) in [6, 6.07) is 0.612. The second kappa shape index (κ2) is 6.13. The standard InChI is InChI=1S/C16H28N2O3/c1-2-21-14-11-13(16(14)7-3-4-8-16)17-15(20)18(9-10-19)12-5-6-12/h12-14,19H,2-11H2,1H3,(H,17,20)/t13-,14-/m0/s1. The van der Waals surface area contributed by atoms with Crippen molar-refractivity contribution < 1.29 is 14.6 Å². The molecule has 3 fully saturated rings. The zero-order valence-electron chi connectivity index (χ0n) is 13.0. The third-order valence-corrected chi connectivity index (χ3v) is 5.57. The van der Waals surface area contributed by atoms with E-state index >= 15 is 0 Å². The molecule has 0 aromatic heterocycles. The minimum atomic E-state index is 0.0118. The fraction of sp³-hybridized carbons (Fsp3) is 0.938. The molecule has 0 aromatic carbocycles. The van der Waals surface area contributed by atoms with Gasteiger partial charge in [0.15, 0.2) is 0 Å². The Morgan fingerprint density at radius 3 is 2.67 bits per heavy atom. The highest BCUT2D eigenvalue weighted by atomic mass is 16.5. The van der Waals surface area contributed by atoms with Gasteiger partial charge in [0.25, 0.3) is 0 Å². The second-order valence-electron chi connectivity index (χ2n) is 6.77. The first-order valence-corrected chi connectivity index (χ1v) is 8.51. The molecule has 0 saturated heterocycles. The van der Waals surface area contributed by atoms with Crippen LogP contribution in [0.15, 0.2) is 0 Å². The number of carbonyl (C=O) groups excluding carboxylic acids is 1. The zero-order valence-corrected chi connectivity index (χ0v) is 13.0. The molecule has 21 heavy (non-hydrogen) atoms. The van der Waals surface area contributed by atoms with Gasteiger partial charge in [-0.05, 0) is 39.0 Å². The third-order valence-electron chi connectivity index (χ3n) is 5.57. The van der Waals surface area contributed by atoms with Crippen LogP contribution in [0.2, 0.25) is 0 Å². The van der Waals surface area contributed by atoms with Crippen molar-refractivity contribution in [3.05, 3.63) is 0 Å². The van der Waals surface area contributed by atoms with E-state index in [1.54, 1.807) is 0 Å². The van der Waals surface area contributed by atoms with Crippen molar-refractivity contribution in [1.29, 1.82) is 0 Å². The van der Waals surface area contributed by atoms with Gasteiger partial charge in [-0.15, -0.1) is 0 Å². The lowest BCUT2D eigenvalue weighted by Gasteiger charge is -2.54. The summed E-state index contributed by atoms with van der Waals surface area (Å²) in [5, 5.41) is 12.4. The van der Waals surface area contributed by atoms with E-state index in [0.29, 0.717) is 18.7 Å². The van der Waals surface area contributed by atoms with Crippen LogP contribution in [-0.4, -0.2) is 54.0 Å². The Labute approximate surface area is 127 Å². The predicted octanol–water partition coefficient (Wildman–Crippen LogP) is 1.89. The number of hydrogen-bond donors (Lipinski definition) is 2. The van der Waals surface area contributed by atoms with Crippen LogP contribution in [0.1, 0.15) is 51.9 Å². The molecule has 120 valence electrons. The first-order chi connectivity index (χ1) is 10.2. The number of nitrogens with one attached hydrogen (secondary N) is 1. The van der Waals surface area contributed by atoms with Crippen LogP contribution in [0.3, 0.4) is 0 Å². The maximum atomic E-state index is 12.5. The number of carbonyl (C=O) groups is 1. The fourth-order valence-corrected chi connectivity index (χ4v) is 4.26. The summed E-state index contributed by atoms with van der Waals surface area (Å²) >= 11 is 0. The number of aliphatic hydroxyl groups excluding tert-OH is 1. The molecule has 2 N–H and O–H groups in total. The van der Waals surface area contributed by atoms with Crippen LogP contribution in [0.5, 0.6) is 0 Å². The molecule has 3 aliphatic rings. The maximum Gasteiger partial charge on any atom is 0.317 e. The van der Waals surface area contributed by atoms with Gasteiger partial charge < -0.3 is 20.1 Å². The van der Waals surface area contributed by atoms with Crippen LogP contribution in [0.4, 0.5) is 4.79 Å². The molecule has 0 aliphatic heterocycles. The van der Waals surface area contributed by atoms with E-state index < -0.39 is 0 Å². The zero-order chi connectivity index (χ0) is 14.9. The molecule has 2 amide bonds. The highest BCUT2D eigenvalue weighted by Gasteiger charge is 2.57. The monoisotopic (exact) mass is 296 g/mol. The Morgan fingerprint density at radius 2 is 2.10 bits per heavy atom. The summed E-state index contributed by atoms with van der Waals surface area (Å²) in [7, 11) is 0. The summed E-state index contributed by atoms with van der Waals surface area (Å²) in [5.41, 5.74) is 0.181. The van der Waals surface area contributed by atoms with E-state index in [-0.39, 0.29) is 24.1 Å². The van der Waals surface area contributed by atoms with Gasteiger partial charge in [0.05, 0.1) is 12.7 Å². The Morgan fingerprint density at radius 1 is 1.38 bits per heavy atom. The summed E-state index contributed by atoms with van der Waals surface area (Å²) < 4.78 is 5.89. The lowest BCUT2D eigenvalue weighted by atomic mass is 9.60. The number of rotatable bonds is 6. The van der Waals surface area contributed by atoms with E-state index in [1.807, 2.05) is 11.8 Å². The molecule has 0 unspecified atom stereocenters. The van der Waals surface area contributed by atoms with Crippen molar-refractivity contribution >= 4 is 6.03 Å². The number of hydrogen-bond acceptors (Lipinski definition) is 3. The number of ether oxygens (including phenoxy) is 1. The lowest BCUT2D eigenvalue weighted by molar-refractivity contribution is -0.127. The Hall–Kier alpha value is -0.810. The molecule has 5 nitrogen and oxygen atoms in total. The molecule has 5 heteroatoms. The van der Waals surface area contributed by atoms with Crippen LogP contribution < -0.4 is 5.32 Å². The minimum Gasteiger partial charge on any atom is -0.395 e. The van der Waals surface area contributed by atoms with Crippen molar-refractivity contribution in [3.63, 3.8) is 0 Å². The fourth-order valence-electron chi connectivity index (χ4n) is 4.26.